The first-order chi connectivity index (χ1) is 20.7. The highest BCUT2D eigenvalue weighted by atomic mass is 32.2. The van der Waals surface area contributed by atoms with Gasteiger partial charge in [0.15, 0.2) is 0 Å². The molecule has 0 aliphatic heterocycles. The Hall–Kier alpha value is -4.12. The summed E-state index contributed by atoms with van der Waals surface area (Å²) in [7, 11) is -1.28. The number of benzene rings is 3. The van der Waals surface area contributed by atoms with Crippen LogP contribution in [-0.4, -0.2) is 58.0 Å². The number of anilines is 1. The molecule has 1 saturated carbocycles. The van der Waals surface area contributed by atoms with Gasteiger partial charge in [0, 0.05) is 12.6 Å². The van der Waals surface area contributed by atoms with E-state index in [1.54, 1.807) is 18.2 Å². The van der Waals surface area contributed by atoms with Crippen LogP contribution in [0, 0.1) is 5.82 Å². The number of carbonyl (C=O) groups is 2. The van der Waals surface area contributed by atoms with Crippen molar-refractivity contribution in [2.75, 3.05) is 25.1 Å². The molecule has 0 saturated heterocycles. The average molecular weight is 612 g/mol. The highest BCUT2D eigenvalue weighted by Crippen LogP contribution is 2.27. The van der Waals surface area contributed by atoms with Gasteiger partial charge in [0.25, 0.3) is 10.0 Å². The lowest BCUT2D eigenvalue weighted by Crippen LogP contribution is -2.53. The molecule has 11 heteroatoms. The zero-order chi connectivity index (χ0) is 31.0. The lowest BCUT2D eigenvalue weighted by atomic mass is 10.1. The second-order valence-corrected chi connectivity index (χ2v) is 12.3. The Kier molecular flexibility index (Phi) is 10.6. The first kappa shape index (κ1) is 31.8. The van der Waals surface area contributed by atoms with Gasteiger partial charge in [0.2, 0.25) is 11.8 Å². The van der Waals surface area contributed by atoms with Gasteiger partial charge < -0.3 is 19.7 Å². The van der Waals surface area contributed by atoms with Crippen LogP contribution in [0.3, 0.4) is 0 Å². The molecule has 2 amide bonds. The number of sulfonamides is 1. The molecule has 3 aromatic carbocycles. The van der Waals surface area contributed by atoms with E-state index in [0.717, 1.165) is 42.1 Å². The maximum atomic E-state index is 14.2. The third-order valence-corrected chi connectivity index (χ3v) is 9.40. The normalized spacial score (nSPS) is 14.1. The van der Waals surface area contributed by atoms with Crippen molar-refractivity contribution in [3.8, 4) is 11.5 Å². The van der Waals surface area contributed by atoms with Crippen molar-refractivity contribution in [2.24, 2.45) is 0 Å². The molecule has 1 N–H and O–H groups in total. The van der Waals surface area contributed by atoms with Crippen molar-refractivity contribution >= 4 is 27.5 Å². The van der Waals surface area contributed by atoms with Crippen molar-refractivity contribution in [1.29, 1.82) is 0 Å². The third-order valence-electron chi connectivity index (χ3n) is 7.62. The van der Waals surface area contributed by atoms with Crippen molar-refractivity contribution in [3.05, 3.63) is 84.2 Å². The van der Waals surface area contributed by atoms with Crippen LogP contribution in [0.25, 0.3) is 0 Å². The molecule has 0 aromatic heterocycles. The molecule has 0 radical (unpaired) electrons. The zero-order valence-corrected chi connectivity index (χ0v) is 25.5. The van der Waals surface area contributed by atoms with Crippen molar-refractivity contribution in [2.45, 2.75) is 62.6 Å². The monoisotopic (exact) mass is 611 g/mol. The molecule has 0 spiro atoms. The number of hydrogen-bond donors (Lipinski definition) is 1. The highest BCUT2D eigenvalue weighted by molar-refractivity contribution is 7.92. The molecule has 0 unspecified atom stereocenters. The SMILES string of the molecule is CC[C@@H](C(=O)NC1CCCC1)N(Cc1cccc(OC)c1)C(=O)CN(c1ccc(F)cc1)S(=O)(=O)c1ccc(OC)cc1. The fourth-order valence-corrected chi connectivity index (χ4v) is 6.68. The summed E-state index contributed by atoms with van der Waals surface area (Å²) in [6.45, 7) is 1.25. The van der Waals surface area contributed by atoms with Crippen molar-refractivity contribution < 1.29 is 31.9 Å². The minimum Gasteiger partial charge on any atom is -0.497 e. The summed E-state index contributed by atoms with van der Waals surface area (Å²) in [4.78, 5) is 29.1. The van der Waals surface area contributed by atoms with Gasteiger partial charge in [-0.2, -0.15) is 0 Å². The van der Waals surface area contributed by atoms with E-state index in [1.807, 2.05) is 13.0 Å². The third kappa shape index (κ3) is 7.84. The van der Waals surface area contributed by atoms with Crippen LogP contribution in [0.5, 0.6) is 11.5 Å². The molecule has 1 aliphatic rings. The summed E-state index contributed by atoms with van der Waals surface area (Å²) >= 11 is 0. The van der Waals surface area contributed by atoms with Crippen LogP contribution in [0.15, 0.2) is 77.7 Å². The Bertz CT molecular complexity index is 1490. The van der Waals surface area contributed by atoms with Crippen LogP contribution in [0.1, 0.15) is 44.6 Å². The minimum atomic E-state index is -4.29. The summed E-state index contributed by atoms with van der Waals surface area (Å²) in [6.07, 6.45) is 4.14. The second kappa shape index (κ2) is 14.4. The van der Waals surface area contributed by atoms with Gasteiger partial charge >= 0.3 is 0 Å². The first-order valence-electron chi connectivity index (χ1n) is 14.3. The molecule has 0 heterocycles. The molecule has 1 aliphatic carbocycles. The predicted molar refractivity (Wildman–Crippen MR) is 162 cm³/mol. The second-order valence-electron chi connectivity index (χ2n) is 10.5. The molecule has 0 bridgehead atoms. The van der Waals surface area contributed by atoms with Gasteiger partial charge in [0.1, 0.15) is 29.9 Å². The average Bonchev–Trinajstić information content (AvgIpc) is 3.53. The Labute approximate surface area is 252 Å². The zero-order valence-electron chi connectivity index (χ0n) is 24.7. The van der Waals surface area contributed by atoms with Crippen LogP contribution in [-0.2, 0) is 26.2 Å². The maximum Gasteiger partial charge on any atom is 0.264 e. The van der Waals surface area contributed by atoms with E-state index in [4.69, 9.17) is 9.47 Å². The Morgan fingerprint density at radius 1 is 0.953 bits per heavy atom. The first-order valence-corrected chi connectivity index (χ1v) is 15.8. The fraction of sp³-hybridized carbons (Fsp3) is 0.375. The van der Waals surface area contributed by atoms with Gasteiger partial charge in [0.05, 0.1) is 24.8 Å². The predicted octanol–water partition coefficient (Wildman–Crippen LogP) is 4.90. The van der Waals surface area contributed by atoms with Crippen molar-refractivity contribution in [1.82, 2.24) is 10.2 Å². The molecule has 4 rings (SSSR count). The van der Waals surface area contributed by atoms with E-state index in [2.05, 4.69) is 5.32 Å². The lowest BCUT2D eigenvalue weighted by molar-refractivity contribution is -0.140. The molecular formula is C32H38FN3O6S. The Morgan fingerprint density at radius 3 is 2.21 bits per heavy atom. The quantitative estimate of drug-likeness (QED) is 0.295. The number of ether oxygens (including phenoxy) is 2. The number of methoxy groups -OCH3 is 2. The van der Waals surface area contributed by atoms with Gasteiger partial charge in [-0.25, -0.2) is 12.8 Å². The standard InChI is InChI=1S/C32H38FN3O6S/c1-4-30(32(38)34-25-9-5-6-10-25)35(21-23-8-7-11-28(20-23)42-3)31(37)22-36(26-14-12-24(33)13-15-26)43(39,40)29-18-16-27(41-2)17-19-29/h7-8,11-20,25,30H,4-6,9-10,21-22H2,1-3H3,(H,34,38)/t30-/m0/s1. The number of halogens is 1. The van der Waals surface area contributed by atoms with E-state index in [9.17, 15) is 22.4 Å². The van der Waals surface area contributed by atoms with E-state index < -0.39 is 34.3 Å². The highest BCUT2D eigenvalue weighted by Gasteiger charge is 2.34. The van der Waals surface area contributed by atoms with Crippen LogP contribution in [0.2, 0.25) is 0 Å². The summed E-state index contributed by atoms with van der Waals surface area (Å²) in [5, 5.41) is 3.09. The van der Waals surface area contributed by atoms with Gasteiger partial charge in [-0.05, 0) is 85.5 Å². The molecule has 43 heavy (non-hydrogen) atoms. The lowest BCUT2D eigenvalue weighted by Gasteiger charge is -2.33. The number of rotatable bonds is 13. The number of nitrogens with one attached hydrogen (secondary N) is 1. The Morgan fingerprint density at radius 2 is 1.60 bits per heavy atom. The molecule has 1 atom stereocenters. The van der Waals surface area contributed by atoms with E-state index in [-0.39, 0.29) is 29.1 Å². The topological polar surface area (TPSA) is 105 Å². The van der Waals surface area contributed by atoms with Gasteiger partial charge in [-0.3, -0.25) is 13.9 Å². The number of carbonyl (C=O) groups excluding carboxylic acids is 2. The van der Waals surface area contributed by atoms with E-state index in [0.29, 0.717) is 23.5 Å². The van der Waals surface area contributed by atoms with Crippen LogP contribution >= 0.6 is 0 Å². The molecule has 1 fully saturated rings. The number of nitrogens with zero attached hydrogens (tertiary/aromatic N) is 2. The molecule has 3 aromatic rings. The summed E-state index contributed by atoms with van der Waals surface area (Å²) < 4.78 is 53.2. The van der Waals surface area contributed by atoms with Gasteiger partial charge in [-0.1, -0.05) is 31.9 Å². The fourth-order valence-electron chi connectivity index (χ4n) is 5.27. The van der Waals surface area contributed by atoms with E-state index >= 15 is 0 Å². The summed E-state index contributed by atoms with van der Waals surface area (Å²) in [5.41, 5.74) is 0.821. The smallest absolute Gasteiger partial charge is 0.264 e. The number of hydrogen-bond acceptors (Lipinski definition) is 6. The number of amides is 2. The largest absolute Gasteiger partial charge is 0.497 e. The van der Waals surface area contributed by atoms with E-state index in [1.165, 1.54) is 55.5 Å². The van der Waals surface area contributed by atoms with Crippen LogP contribution < -0.4 is 19.1 Å². The summed E-state index contributed by atoms with van der Waals surface area (Å²) in [6, 6.07) is 17.0. The molecule has 9 nitrogen and oxygen atoms in total. The molecular weight excluding hydrogens is 573 g/mol. The minimum absolute atomic E-state index is 0.0430. The van der Waals surface area contributed by atoms with Gasteiger partial charge in [-0.15, -0.1) is 0 Å². The molecule has 230 valence electrons. The maximum absolute atomic E-state index is 14.2. The van der Waals surface area contributed by atoms with Crippen LogP contribution in [0.4, 0.5) is 10.1 Å². The van der Waals surface area contributed by atoms with Crippen molar-refractivity contribution in [3.63, 3.8) is 0 Å². The Balaban J connectivity index is 1.71. The summed E-state index contributed by atoms with van der Waals surface area (Å²) in [5.74, 6) is -0.365.